The Balaban J connectivity index is 2.10. The summed E-state index contributed by atoms with van der Waals surface area (Å²) < 4.78 is 0. The molecule has 0 amide bonds. The van der Waals surface area contributed by atoms with Gasteiger partial charge in [-0.1, -0.05) is 24.1 Å². The molecule has 1 aliphatic heterocycles. The van der Waals surface area contributed by atoms with Crippen molar-refractivity contribution in [3.63, 3.8) is 0 Å². The van der Waals surface area contributed by atoms with Gasteiger partial charge in [-0.25, -0.2) is 0 Å². The molecule has 16 heavy (non-hydrogen) atoms. The molecule has 2 heteroatoms. The van der Waals surface area contributed by atoms with E-state index in [0.717, 1.165) is 19.6 Å². The minimum absolute atomic E-state index is 0.607. The van der Waals surface area contributed by atoms with Crippen LogP contribution in [0, 0.1) is 12.3 Å². The van der Waals surface area contributed by atoms with Crippen molar-refractivity contribution in [3.8, 4) is 12.3 Å². The number of hydrogen-bond acceptors (Lipinski definition) is 2. The molecular formula is C14H18N2. The van der Waals surface area contributed by atoms with Crippen molar-refractivity contribution in [3.05, 3.63) is 29.8 Å². The highest BCUT2D eigenvalue weighted by atomic mass is 15.1. The Hall–Kier alpha value is -1.46. The molecule has 1 heterocycles. The van der Waals surface area contributed by atoms with E-state index >= 15 is 0 Å². The number of hydrogen-bond donors (Lipinski definition) is 1. The molecule has 2 rings (SSSR count). The van der Waals surface area contributed by atoms with Gasteiger partial charge >= 0.3 is 0 Å². The average molecular weight is 214 g/mol. The van der Waals surface area contributed by atoms with Gasteiger partial charge in [-0.3, -0.25) is 4.90 Å². The van der Waals surface area contributed by atoms with Gasteiger partial charge in [0.25, 0.3) is 0 Å². The van der Waals surface area contributed by atoms with Gasteiger partial charge in [-0.15, -0.1) is 6.42 Å². The maximum Gasteiger partial charge on any atom is 0.0596 e. The van der Waals surface area contributed by atoms with E-state index < -0.39 is 0 Å². The first-order valence-corrected chi connectivity index (χ1v) is 5.76. The number of benzene rings is 1. The van der Waals surface area contributed by atoms with Crippen molar-refractivity contribution >= 4 is 5.69 Å². The van der Waals surface area contributed by atoms with Crippen molar-refractivity contribution in [1.82, 2.24) is 4.90 Å². The third kappa shape index (κ3) is 2.37. The van der Waals surface area contributed by atoms with E-state index in [0.29, 0.717) is 5.92 Å². The van der Waals surface area contributed by atoms with Gasteiger partial charge in [0, 0.05) is 24.7 Å². The Labute approximate surface area is 97.7 Å². The summed E-state index contributed by atoms with van der Waals surface area (Å²) in [6, 6.07) is 8.57. The molecule has 0 radical (unpaired) electrons. The first-order chi connectivity index (χ1) is 7.81. The number of rotatable bonds is 3. The van der Waals surface area contributed by atoms with Crippen molar-refractivity contribution in [2.24, 2.45) is 0 Å². The van der Waals surface area contributed by atoms with Gasteiger partial charge in [0.1, 0.15) is 0 Å². The molecule has 2 nitrogen and oxygen atoms in total. The lowest BCUT2D eigenvalue weighted by atomic mass is 9.90. The second-order valence-electron chi connectivity index (χ2n) is 4.40. The molecule has 1 aromatic carbocycles. The first kappa shape index (κ1) is 11.0. The highest BCUT2D eigenvalue weighted by Crippen LogP contribution is 2.31. The summed E-state index contributed by atoms with van der Waals surface area (Å²) in [5.74, 6) is 3.30. The van der Waals surface area contributed by atoms with Gasteiger partial charge in [-0.05, 0) is 25.1 Å². The lowest BCUT2D eigenvalue weighted by Gasteiger charge is -2.29. The number of para-hydroxylation sites is 1. The maximum atomic E-state index is 5.33. The SMILES string of the molecule is C#CCN(C)CC1CCNc2ccccc21. The highest BCUT2D eigenvalue weighted by molar-refractivity contribution is 5.54. The monoisotopic (exact) mass is 214 g/mol. The quantitative estimate of drug-likeness (QED) is 0.776. The molecule has 0 saturated heterocycles. The Morgan fingerprint density at radius 1 is 1.50 bits per heavy atom. The molecule has 1 unspecified atom stereocenters. The molecule has 0 spiro atoms. The van der Waals surface area contributed by atoms with E-state index in [4.69, 9.17) is 6.42 Å². The number of nitrogens with zero attached hydrogens (tertiary/aromatic N) is 1. The number of anilines is 1. The van der Waals surface area contributed by atoms with Crippen LogP contribution in [0.25, 0.3) is 0 Å². The second-order valence-corrected chi connectivity index (χ2v) is 4.40. The van der Waals surface area contributed by atoms with E-state index in [1.807, 2.05) is 0 Å². The number of nitrogens with one attached hydrogen (secondary N) is 1. The van der Waals surface area contributed by atoms with Gasteiger partial charge in [0.15, 0.2) is 0 Å². The Morgan fingerprint density at radius 2 is 2.31 bits per heavy atom. The zero-order valence-electron chi connectivity index (χ0n) is 9.74. The summed E-state index contributed by atoms with van der Waals surface area (Å²) in [6.45, 7) is 2.83. The Kier molecular flexibility index (Phi) is 3.48. The van der Waals surface area contributed by atoms with Crippen LogP contribution in [0.2, 0.25) is 0 Å². The van der Waals surface area contributed by atoms with E-state index in [1.54, 1.807) is 0 Å². The fourth-order valence-corrected chi connectivity index (χ4v) is 2.34. The summed E-state index contributed by atoms with van der Waals surface area (Å²) in [4.78, 5) is 2.22. The summed E-state index contributed by atoms with van der Waals surface area (Å²) >= 11 is 0. The highest BCUT2D eigenvalue weighted by Gasteiger charge is 2.20. The van der Waals surface area contributed by atoms with Gasteiger partial charge in [0.05, 0.1) is 6.54 Å². The average Bonchev–Trinajstić information content (AvgIpc) is 2.30. The van der Waals surface area contributed by atoms with Crippen molar-refractivity contribution in [1.29, 1.82) is 0 Å². The third-order valence-corrected chi connectivity index (χ3v) is 3.10. The van der Waals surface area contributed by atoms with Gasteiger partial charge in [-0.2, -0.15) is 0 Å². The lowest BCUT2D eigenvalue weighted by molar-refractivity contribution is 0.338. The number of terminal acetylenes is 1. The Bertz CT molecular complexity index is 392. The van der Waals surface area contributed by atoms with Crippen molar-refractivity contribution in [2.75, 3.05) is 32.0 Å². The van der Waals surface area contributed by atoms with Crippen LogP contribution >= 0.6 is 0 Å². The normalized spacial score (nSPS) is 18.7. The predicted octanol–water partition coefficient (Wildman–Crippen LogP) is 2.15. The van der Waals surface area contributed by atoms with Crippen LogP contribution in [-0.4, -0.2) is 31.6 Å². The molecule has 0 bridgehead atoms. The van der Waals surface area contributed by atoms with Gasteiger partial charge < -0.3 is 5.32 Å². The van der Waals surface area contributed by atoms with Crippen LogP contribution < -0.4 is 5.32 Å². The van der Waals surface area contributed by atoms with Crippen molar-refractivity contribution < 1.29 is 0 Å². The fourth-order valence-electron chi connectivity index (χ4n) is 2.34. The maximum absolute atomic E-state index is 5.33. The largest absolute Gasteiger partial charge is 0.385 e. The molecule has 0 fully saturated rings. The minimum Gasteiger partial charge on any atom is -0.385 e. The van der Waals surface area contributed by atoms with Gasteiger partial charge in [0.2, 0.25) is 0 Å². The molecule has 1 atom stereocenters. The minimum atomic E-state index is 0.607. The summed E-state index contributed by atoms with van der Waals surface area (Å²) in [6.07, 6.45) is 6.51. The summed E-state index contributed by atoms with van der Waals surface area (Å²) in [5, 5.41) is 3.44. The zero-order chi connectivity index (χ0) is 11.4. The van der Waals surface area contributed by atoms with E-state index in [2.05, 4.69) is 47.5 Å². The third-order valence-electron chi connectivity index (χ3n) is 3.10. The molecule has 1 aromatic rings. The van der Waals surface area contributed by atoms with Crippen LogP contribution in [0.4, 0.5) is 5.69 Å². The van der Waals surface area contributed by atoms with Crippen LogP contribution in [0.5, 0.6) is 0 Å². The standard InChI is InChI=1S/C14H18N2/c1-3-10-16(2)11-12-8-9-15-14-7-5-4-6-13(12)14/h1,4-7,12,15H,8-11H2,2H3. The molecule has 84 valence electrons. The van der Waals surface area contributed by atoms with E-state index in [-0.39, 0.29) is 0 Å². The predicted molar refractivity (Wildman–Crippen MR) is 68.6 cm³/mol. The van der Waals surface area contributed by atoms with Crippen LogP contribution in [0.15, 0.2) is 24.3 Å². The summed E-state index contributed by atoms with van der Waals surface area (Å²) in [5.41, 5.74) is 2.71. The molecule has 1 N–H and O–H groups in total. The zero-order valence-corrected chi connectivity index (χ0v) is 9.74. The van der Waals surface area contributed by atoms with Crippen LogP contribution in [0.1, 0.15) is 17.9 Å². The molecule has 1 aliphatic rings. The first-order valence-electron chi connectivity index (χ1n) is 5.76. The molecular weight excluding hydrogens is 196 g/mol. The molecule has 0 aliphatic carbocycles. The number of likely N-dealkylation sites (N-methyl/N-ethyl adjacent to an activating group) is 1. The second kappa shape index (κ2) is 5.05. The van der Waals surface area contributed by atoms with Crippen LogP contribution in [-0.2, 0) is 0 Å². The van der Waals surface area contributed by atoms with Crippen LogP contribution in [0.3, 0.4) is 0 Å². The lowest BCUT2D eigenvalue weighted by Crippen LogP contribution is -2.28. The fraction of sp³-hybridized carbons (Fsp3) is 0.429. The Morgan fingerprint density at radius 3 is 3.12 bits per heavy atom. The summed E-state index contributed by atoms with van der Waals surface area (Å²) in [7, 11) is 2.09. The van der Waals surface area contributed by atoms with E-state index in [9.17, 15) is 0 Å². The molecule has 0 saturated carbocycles. The smallest absolute Gasteiger partial charge is 0.0596 e. The molecule has 0 aromatic heterocycles. The number of fused-ring (bicyclic) bond motifs is 1. The van der Waals surface area contributed by atoms with E-state index in [1.165, 1.54) is 17.7 Å². The topological polar surface area (TPSA) is 15.3 Å². The van der Waals surface area contributed by atoms with Crippen molar-refractivity contribution in [2.45, 2.75) is 12.3 Å².